The molecule has 0 heteroatoms. The Hall–Kier alpha value is -0.520. The lowest BCUT2D eigenvalue weighted by molar-refractivity contribution is 0.637. The van der Waals surface area contributed by atoms with E-state index in [4.69, 9.17) is 0 Å². The largest absolute Gasteiger partial charge is 0.0877 e. The van der Waals surface area contributed by atoms with E-state index in [-0.39, 0.29) is 0 Å². The van der Waals surface area contributed by atoms with Gasteiger partial charge in [-0.2, -0.15) is 0 Å². The maximum atomic E-state index is 2.26. The second kappa shape index (κ2) is 10.5. The van der Waals surface area contributed by atoms with Gasteiger partial charge in [-0.25, -0.2) is 0 Å². The maximum absolute atomic E-state index is 2.26. The third kappa shape index (κ3) is 9.48. The van der Waals surface area contributed by atoms with Gasteiger partial charge in [0.05, 0.1) is 0 Å². The van der Waals surface area contributed by atoms with E-state index in [2.05, 4.69) is 31.2 Å². The lowest BCUT2D eigenvalue weighted by atomic mass is 10.1. The first-order valence-corrected chi connectivity index (χ1v) is 5.19. The summed E-state index contributed by atoms with van der Waals surface area (Å²) in [5, 5.41) is 0. The first kappa shape index (κ1) is 11.5. The Morgan fingerprint density at radius 2 is 1.67 bits per heavy atom. The van der Waals surface area contributed by atoms with Gasteiger partial charge in [0, 0.05) is 0 Å². The number of unbranched alkanes of at least 4 members (excludes halogenated alkanes) is 5. The zero-order valence-electron chi connectivity index (χ0n) is 8.55. The number of hydrogen-bond acceptors (Lipinski definition) is 0. The highest BCUT2D eigenvalue weighted by Crippen LogP contribution is 2.05. The van der Waals surface area contributed by atoms with E-state index in [1.165, 1.54) is 38.5 Å². The zero-order valence-corrected chi connectivity index (χ0v) is 8.55. The van der Waals surface area contributed by atoms with Gasteiger partial charge in [-0.15, -0.1) is 0 Å². The van der Waals surface area contributed by atoms with Crippen LogP contribution in [-0.2, 0) is 0 Å². The van der Waals surface area contributed by atoms with Crippen LogP contribution in [0, 0.1) is 0 Å². The first-order chi connectivity index (χ1) is 5.91. The summed E-state index contributed by atoms with van der Waals surface area (Å²) in [6.45, 7) is 4.30. The fourth-order valence-corrected chi connectivity index (χ4v) is 1.15. The van der Waals surface area contributed by atoms with Gasteiger partial charge < -0.3 is 0 Å². The van der Waals surface area contributed by atoms with Gasteiger partial charge in [0.25, 0.3) is 0 Å². The van der Waals surface area contributed by atoms with Crippen LogP contribution < -0.4 is 0 Å². The molecule has 12 heavy (non-hydrogen) atoms. The average molecular weight is 166 g/mol. The van der Waals surface area contributed by atoms with E-state index < -0.39 is 0 Å². The lowest BCUT2D eigenvalue weighted by Crippen LogP contribution is -1.75. The molecule has 0 aliphatic heterocycles. The maximum Gasteiger partial charge on any atom is -0.0348 e. The van der Waals surface area contributed by atoms with Gasteiger partial charge in [0.15, 0.2) is 0 Å². The summed E-state index contributed by atoms with van der Waals surface area (Å²) >= 11 is 0. The van der Waals surface area contributed by atoms with Gasteiger partial charge >= 0.3 is 0 Å². The lowest BCUT2D eigenvalue weighted by Gasteiger charge is -1.95. The topological polar surface area (TPSA) is 0 Å². The van der Waals surface area contributed by atoms with E-state index in [1.54, 1.807) is 0 Å². The Balaban J connectivity index is 3.00. The highest BCUT2D eigenvalue weighted by Gasteiger charge is 1.85. The highest BCUT2D eigenvalue weighted by molar-refractivity contribution is 5.00. The monoisotopic (exact) mass is 166 g/mol. The van der Waals surface area contributed by atoms with Gasteiger partial charge in [-0.3, -0.25) is 0 Å². The minimum absolute atomic E-state index is 1.24. The highest BCUT2D eigenvalue weighted by atomic mass is 13.9. The molecule has 0 nitrogen and oxygen atoms in total. The molecule has 0 aromatic carbocycles. The van der Waals surface area contributed by atoms with Gasteiger partial charge in [-0.1, -0.05) is 56.9 Å². The molecule has 0 aromatic heterocycles. The zero-order chi connectivity index (χ0) is 9.07. The fraction of sp³-hybridized carbons (Fsp3) is 0.667. The predicted octanol–water partition coefficient (Wildman–Crippen LogP) is 4.48. The van der Waals surface area contributed by atoms with Crippen molar-refractivity contribution in [1.29, 1.82) is 0 Å². The predicted molar refractivity (Wildman–Crippen MR) is 57.3 cm³/mol. The molecule has 0 rings (SSSR count). The van der Waals surface area contributed by atoms with Crippen molar-refractivity contribution in [3.05, 3.63) is 24.3 Å². The number of hydrogen-bond donors (Lipinski definition) is 0. The van der Waals surface area contributed by atoms with E-state index in [1.807, 2.05) is 6.92 Å². The third-order valence-corrected chi connectivity index (χ3v) is 1.91. The molecule has 0 aliphatic carbocycles. The Labute approximate surface area is 77.4 Å². The van der Waals surface area contributed by atoms with Crippen molar-refractivity contribution in [2.75, 3.05) is 0 Å². The minimum Gasteiger partial charge on any atom is -0.0877 e. The Kier molecular flexibility index (Phi) is 10.0. The Bertz CT molecular complexity index is 120. The van der Waals surface area contributed by atoms with E-state index >= 15 is 0 Å². The van der Waals surface area contributed by atoms with Crippen molar-refractivity contribution < 1.29 is 0 Å². The smallest absolute Gasteiger partial charge is 0.0348 e. The molecule has 0 aromatic rings. The molecular formula is C12H22. The fourth-order valence-electron chi connectivity index (χ4n) is 1.15. The molecule has 0 radical (unpaired) electrons. The van der Waals surface area contributed by atoms with E-state index in [0.29, 0.717) is 0 Å². The van der Waals surface area contributed by atoms with Crippen molar-refractivity contribution >= 4 is 0 Å². The molecule has 0 amide bonds. The molecule has 0 bridgehead atoms. The van der Waals surface area contributed by atoms with Crippen LogP contribution in [0.25, 0.3) is 0 Å². The van der Waals surface area contributed by atoms with Crippen molar-refractivity contribution in [2.24, 2.45) is 0 Å². The summed E-state index contributed by atoms with van der Waals surface area (Å²) < 4.78 is 0. The van der Waals surface area contributed by atoms with Crippen LogP contribution in [0.5, 0.6) is 0 Å². The van der Waals surface area contributed by atoms with Crippen molar-refractivity contribution in [2.45, 2.75) is 52.4 Å². The van der Waals surface area contributed by atoms with Crippen LogP contribution >= 0.6 is 0 Å². The van der Waals surface area contributed by atoms with Crippen LogP contribution in [0.4, 0.5) is 0 Å². The van der Waals surface area contributed by atoms with E-state index in [0.717, 1.165) is 0 Å². The third-order valence-electron chi connectivity index (χ3n) is 1.91. The summed E-state index contributed by atoms with van der Waals surface area (Å²) in [5.74, 6) is 0. The molecule has 0 spiro atoms. The van der Waals surface area contributed by atoms with Crippen molar-refractivity contribution in [3.8, 4) is 0 Å². The SMILES string of the molecule is CC=C/C=C/CCCCCCC. The van der Waals surface area contributed by atoms with Crippen LogP contribution in [0.1, 0.15) is 52.4 Å². The molecule has 0 heterocycles. The molecule has 0 N–H and O–H groups in total. The Morgan fingerprint density at radius 1 is 0.917 bits per heavy atom. The van der Waals surface area contributed by atoms with Gasteiger partial charge in [-0.05, 0) is 19.8 Å². The standard InChI is InChI=1S/C12H22/c1-3-5-7-9-11-12-10-8-6-4-2/h3,5,7,9H,4,6,8,10-12H2,1-2H3/b5-3?,9-7+. The summed E-state index contributed by atoms with van der Waals surface area (Å²) in [7, 11) is 0. The normalized spacial score (nSPS) is 11.8. The van der Waals surface area contributed by atoms with Gasteiger partial charge in [0.2, 0.25) is 0 Å². The molecule has 0 aliphatic rings. The van der Waals surface area contributed by atoms with Crippen LogP contribution in [0.2, 0.25) is 0 Å². The van der Waals surface area contributed by atoms with Crippen molar-refractivity contribution in [3.63, 3.8) is 0 Å². The van der Waals surface area contributed by atoms with Gasteiger partial charge in [0.1, 0.15) is 0 Å². The van der Waals surface area contributed by atoms with E-state index in [9.17, 15) is 0 Å². The number of rotatable bonds is 7. The summed E-state index contributed by atoms with van der Waals surface area (Å²) in [6, 6.07) is 0. The second-order valence-corrected chi connectivity index (χ2v) is 3.16. The summed E-state index contributed by atoms with van der Waals surface area (Å²) in [5.41, 5.74) is 0. The summed E-state index contributed by atoms with van der Waals surface area (Å²) in [4.78, 5) is 0. The van der Waals surface area contributed by atoms with Crippen LogP contribution in [0.3, 0.4) is 0 Å². The quantitative estimate of drug-likeness (QED) is 0.386. The summed E-state index contributed by atoms with van der Waals surface area (Å²) in [6.07, 6.45) is 16.7. The molecule has 0 unspecified atom stereocenters. The molecule has 0 fully saturated rings. The minimum atomic E-state index is 1.24. The molecular weight excluding hydrogens is 144 g/mol. The molecule has 0 saturated carbocycles. The first-order valence-electron chi connectivity index (χ1n) is 5.19. The Morgan fingerprint density at radius 3 is 2.33 bits per heavy atom. The number of allylic oxidation sites excluding steroid dienone is 4. The van der Waals surface area contributed by atoms with Crippen LogP contribution in [-0.4, -0.2) is 0 Å². The molecule has 70 valence electrons. The van der Waals surface area contributed by atoms with Crippen LogP contribution in [0.15, 0.2) is 24.3 Å². The average Bonchev–Trinajstić information content (AvgIpc) is 2.10. The van der Waals surface area contributed by atoms with Crippen molar-refractivity contribution in [1.82, 2.24) is 0 Å². The molecule has 0 atom stereocenters. The second-order valence-electron chi connectivity index (χ2n) is 3.16. The molecule has 0 saturated heterocycles.